The van der Waals surface area contributed by atoms with Crippen LogP contribution in [-0.2, 0) is 22.3 Å². The van der Waals surface area contributed by atoms with Gasteiger partial charge in [0.1, 0.15) is 11.4 Å². The molecule has 0 aliphatic carbocycles. The van der Waals surface area contributed by atoms with E-state index in [1.807, 2.05) is 54.1 Å². The van der Waals surface area contributed by atoms with E-state index < -0.39 is 10.0 Å². The number of hydrogen-bond donors (Lipinski definition) is 0. The zero-order valence-electron chi connectivity index (χ0n) is 18.5. The van der Waals surface area contributed by atoms with Gasteiger partial charge in [-0.2, -0.15) is 16.1 Å². The van der Waals surface area contributed by atoms with Gasteiger partial charge in [-0.1, -0.05) is 47.7 Å². The molecule has 32 heavy (non-hydrogen) atoms. The number of methoxy groups -OCH3 is 1. The van der Waals surface area contributed by atoms with Crippen molar-refractivity contribution in [2.75, 3.05) is 19.9 Å². The highest BCUT2D eigenvalue weighted by molar-refractivity contribution is 7.99. The van der Waals surface area contributed by atoms with Crippen LogP contribution in [0.1, 0.15) is 17.7 Å². The second-order valence-electron chi connectivity index (χ2n) is 8.07. The number of nitrogens with zero attached hydrogens (tertiary/aromatic N) is 4. The molecule has 0 bridgehead atoms. The third kappa shape index (κ3) is 5.16. The Morgan fingerprint density at radius 2 is 1.84 bits per heavy atom. The molecule has 0 saturated carbocycles. The molecule has 0 N–H and O–H groups in total. The summed E-state index contributed by atoms with van der Waals surface area (Å²) in [7, 11) is -1.66. The summed E-state index contributed by atoms with van der Waals surface area (Å²) in [5.74, 6) is 1.67. The highest BCUT2D eigenvalue weighted by Crippen LogP contribution is 2.33. The Hall–Kier alpha value is -2.36. The van der Waals surface area contributed by atoms with Crippen molar-refractivity contribution in [3.05, 3.63) is 65.9 Å². The van der Waals surface area contributed by atoms with Crippen LogP contribution in [0.4, 0.5) is 0 Å². The largest absolute Gasteiger partial charge is 0.497 e. The third-order valence-corrected chi connectivity index (χ3v) is 8.42. The van der Waals surface area contributed by atoms with Crippen molar-refractivity contribution in [1.29, 1.82) is 0 Å². The fraction of sp³-hybridized carbons (Fsp3) is 0.391. The molecule has 1 aliphatic heterocycles. The topological polar surface area (TPSA) is 77.3 Å². The molecular formula is C23H28N4O3S2. The van der Waals surface area contributed by atoms with Gasteiger partial charge in [-0.05, 0) is 31.0 Å². The van der Waals surface area contributed by atoms with Gasteiger partial charge in [0, 0.05) is 29.2 Å². The van der Waals surface area contributed by atoms with E-state index in [4.69, 9.17) is 4.74 Å². The molecule has 1 aliphatic rings. The second kappa shape index (κ2) is 9.64. The van der Waals surface area contributed by atoms with Gasteiger partial charge >= 0.3 is 0 Å². The predicted molar refractivity (Wildman–Crippen MR) is 128 cm³/mol. The predicted octanol–water partition coefficient (Wildman–Crippen LogP) is 3.60. The minimum absolute atomic E-state index is 0.137. The maximum Gasteiger partial charge on any atom is 0.211 e. The first-order valence-corrected chi connectivity index (χ1v) is 13.4. The average Bonchev–Trinajstić information content (AvgIpc) is 3.37. The summed E-state index contributed by atoms with van der Waals surface area (Å²) in [6.45, 7) is 3.00. The molecule has 0 unspecified atom stereocenters. The molecule has 2 heterocycles. The fourth-order valence-electron chi connectivity index (χ4n) is 4.07. The van der Waals surface area contributed by atoms with Crippen molar-refractivity contribution >= 4 is 21.8 Å². The molecule has 9 heteroatoms. The summed E-state index contributed by atoms with van der Waals surface area (Å²) >= 11 is 1.80. The minimum atomic E-state index is -3.31. The molecule has 170 valence electrons. The summed E-state index contributed by atoms with van der Waals surface area (Å²) in [5, 5.41) is 8.92. The Labute approximate surface area is 193 Å². The molecule has 1 aromatic heterocycles. The quantitative estimate of drug-likeness (QED) is 0.499. The van der Waals surface area contributed by atoms with E-state index in [0.717, 1.165) is 34.9 Å². The Balaban J connectivity index is 1.46. The molecule has 0 amide bonds. The molecule has 0 radical (unpaired) electrons. The monoisotopic (exact) mass is 472 g/mol. The van der Waals surface area contributed by atoms with E-state index in [2.05, 4.69) is 22.4 Å². The van der Waals surface area contributed by atoms with E-state index in [-0.39, 0.29) is 11.3 Å². The fourth-order valence-corrected chi connectivity index (χ4v) is 6.55. The highest BCUT2D eigenvalue weighted by atomic mass is 32.2. The lowest BCUT2D eigenvalue weighted by atomic mass is 10.1. The van der Waals surface area contributed by atoms with Gasteiger partial charge in [0.2, 0.25) is 10.0 Å². The standard InChI is InChI=1S/C23H28N4O3S2/c1-17-23(19-7-5-4-6-8-19)24-25-26(17)14-20-13-22(15-27(20)32(3,28)29)31-16-18-9-11-21(30-2)12-10-18/h4-12,20,22H,13-16H2,1-3H3/t20-,22+/m0/s1. The number of aromatic nitrogens is 3. The van der Waals surface area contributed by atoms with Crippen LogP contribution >= 0.6 is 11.8 Å². The van der Waals surface area contributed by atoms with Gasteiger partial charge < -0.3 is 4.74 Å². The zero-order chi connectivity index (χ0) is 22.7. The number of benzene rings is 2. The summed E-state index contributed by atoms with van der Waals surface area (Å²) in [6.07, 6.45) is 2.08. The molecule has 1 fully saturated rings. The number of thioether (sulfide) groups is 1. The van der Waals surface area contributed by atoms with E-state index in [1.54, 1.807) is 23.2 Å². The van der Waals surface area contributed by atoms with Gasteiger partial charge in [-0.15, -0.1) is 5.10 Å². The van der Waals surface area contributed by atoms with E-state index in [9.17, 15) is 8.42 Å². The van der Waals surface area contributed by atoms with Crippen LogP contribution in [0.15, 0.2) is 54.6 Å². The number of hydrogen-bond acceptors (Lipinski definition) is 6. The Bertz CT molecular complexity index is 1150. The van der Waals surface area contributed by atoms with Crippen LogP contribution < -0.4 is 4.74 Å². The van der Waals surface area contributed by atoms with Crippen molar-refractivity contribution in [3.8, 4) is 17.0 Å². The van der Waals surface area contributed by atoms with Crippen LogP contribution in [-0.4, -0.2) is 58.9 Å². The van der Waals surface area contributed by atoms with Crippen LogP contribution in [0.5, 0.6) is 5.75 Å². The molecule has 2 atom stereocenters. The first kappa shape index (κ1) is 22.8. The average molecular weight is 473 g/mol. The molecule has 1 saturated heterocycles. The molecule has 3 aromatic rings. The van der Waals surface area contributed by atoms with Crippen molar-refractivity contribution in [2.45, 2.75) is 36.9 Å². The molecule has 4 rings (SSSR count). The Morgan fingerprint density at radius 3 is 2.50 bits per heavy atom. The maximum atomic E-state index is 12.5. The molecule has 7 nitrogen and oxygen atoms in total. The van der Waals surface area contributed by atoms with Crippen molar-refractivity contribution in [1.82, 2.24) is 19.3 Å². The summed E-state index contributed by atoms with van der Waals surface area (Å²) in [5.41, 5.74) is 3.99. The zero-order valence-corrected chi connectivity index (χ0v) is 20.1. The van der Waals surface area contributed by atoms with Crippen molar-refractivity contribution in [3.63, 3.8) is 0 Å². The van der Waals surface area contributed by atoms with E-state index in [1.165, 1.54) is 11.8 Å². The van der Waals surface area contributed by atoms with Gasteiger partial charge in [-0.3, -0.25) is 0 Å². The first-order chi connectivity index (χ1) is 15.3. The SMILES string of the molecule is COc1ccc(CS[C@@H]2C[C@@H](Cn3nnc(-c4ccccc4)c3C)N(S(C)(=O)=O)C2)cc1. The van der Waals surface area contributed by atoms with Gasteiger partial charge in [0.05, 0.1) is 25.6 Å². The van der Waals surface area contributed by atoms with Crippen molar-refractivity contribution < 1.29 is 13.2 Å². The normalized spacial score (nSPS) is 19.3. The first-order valence-electron chi connectivity index (χ1n) is 10.5. The smallest absolute Gasteiger partial charge is 0.211 e. The van der Waals surface area contributed by atoms with Crippen LogP contribution in [0.25, 0.3) is 11.3 Å². The lowest BCUT2D eigenvalue weighted by Gasteiger charge is -2.22. The number of rotatable bonds is 8. The highest BCUT2D eigenvalue weighted by Gasteiger charge is 2.38. The lowest BCUT2D eigenvalue weighted by Crippen LogP contribution is -2.37. The lowest BCUT2D eigenvalue weighted by molar-refractivity contribution is 0.338. The maximum absolute atomic E-state index is 12.5. The number of sulfonamides is 1. The van der Waals surface area contributed by atoms with Crippen molar-refractivity contribution in [2.24, 2.45) is 0 Å². The molecular weight excluding hydrogens is 444 g/mol. The van der Waals surface area contributed by atoms with E-state index >= 15 is 0 Å². The summed E-state index contributed by atoms with van der Waals surface area (Å²) in [6, 6.07) is 17.8. The van der Waals surface area contributed by atoms with Crippen LogP contribution in [0, 0.1) is 6.92 Å². The summed E-state index contributed by atoms with van der Waals surface area (Å²) in [4.78, 5) is 0. The van der Waals surface area contributed by atoms with Crippen LogP contribution in [0.2, 0.25) is 0 Å². The molecule has 0 spiro atoms. The Morgan fingerprint density at radius 1 is 1.12 bits per heavy atom. The van der Waals surface area contributed by atoms with E-state index in [0.29, 0.717) is 13.1 Å². The van der Waals surface area contributed by atoms with Gasteiger partial charge in [0.25, 0.3) is 0 Å². The summed E-state index contributed by atoms with van der Waals surface area (Å²) < 4.78 is 33.7. The third-order valence-electron chi connectivity index (χ3n) is 5.81. The Kier molecular flexibility index (Phi) is 6.88. The minimum Gasteiger partial charge on any atom is -0.497 e. The second-order valence-corrected chi connectivity index (χ2v) is 11.3. The molecule has 2 aromatic carbocycles. The van der Waals surface area contributed by atoms with Gasteiger partial charge in [0.15, 0.2) is 0 Å². The van der Waals surface area contributed by atoms with Gasteiger partial charge in [-0.25, -0.2) is 13.1 Å². The van der Waals surface area contributed by atoms with Crippen LogP contribution in [0.3, 0.4) is 0 Å². The number of ether oxygens (including phenoxy) is 1.